The third-order valence-electron chi connectivity index (χ3n) is 7.22. The molecular weight excluding hydrogens is 412 g/mol. The molecule has 176 valence electrons. The molecular formula is C27H36N4O2. The van der Waals surface area contributed by atoms with Crippen molar-refractivity contribution in [3.8, 4) is 0 Å². The molecule has 1 amide bonds. The quantitative estimate of drug-likeness (QED) is 0.751. The first kappa shape index (κ1) is 22.4. The van der Waals surface area contributed by atoms with Gasteiger partial charge in [-0.05, 0) is 36.8 Å². The molecule has 2 N–H and O–H groups in total. The Morgan fingerprint density at radius 2 is 1.21 bits per heavy atom. The first-order valence-electron chi connectivity index (χ1n) is 12.5. The molecule has 0 spiro atoms. The third-order valence-corrected chi connectivity index (χ3v) is 7.22. The number of hydrogen-bond acceptors (Lipinski definition) is 5. The third kappa shape index (κ3) is 6.14. The maximum absolute atomic E-state index is 12.0. The van der Waals surface area contributed by atoms with Gasteiger partial charge in [0.1, 0.15) is 6.61 Å². The highest BCUT2D eigenvalue weighted by atomic mass is 16.6. The topological polar surface area (TPSA) is 56.8 Å². The molecule has 4 atom stereocenters. The van der Waals surface area contributed by atoms with Crippen LogP contribution in [0.1, 0.15) is 36.8 Å². The summed E-state index contributed by atoms with van der Waals surface area (Å²) in [6.07, 6.45) is 4.91. The molecule has 0 radical (unpaired) electrons. The molecule has 4 fully saturated rings. The molecule has 2 aromatic rings. The number of ether oxygens (including phenoxy) is 1. The van der Waals surface area contributed by atoms with E-state index in [0.29, 0.717) is 18.7 Å². The van der Waals surface area contributed by atoms with Gasteiger partial charge in [-0.3, -0.25) is 4.90 Å². The minimum Gasteiger partial charge on any atom is -0.445 e. The van der Waals surface area contributed by atoms with E-state index in [1.165, 1.54) is 44.3 Å². The number of likely N-dealkylation sites (tertiary alicyclic amines) is 2. The number of hydrogen-bond donors (Lipinski definition) is 2. The van der Waals surface area contributed by atoms with Crippen LogP contribution in [-0.2, 0) is 17.9 Å². The van der Waals surface area contributed by atoms with Crippen molar-refractivity contribution >= 4 is 6.09 Å². The molecule has 4 heterocycles. The Morgan fingerprint density at radius 3 is 1.76 bits per heavy atom. The number of piperazine rings is 2. The van der Waals surface area contributed by atoms with Crippen LogP contribution in [0.3, 0.4) is 0 Å². The fourth-order valence-electron chi connectivity index (χ4n) is 5.62. The Morgan fingerprint density at radius 1 is 0.727 bits per heavy atom. The normalized spacial score (nSPS) is 28.2. The van der Waals surface area contributed by atoms with E-state index in [0.717, 1.165) is 37.3 Å². The van der Waals surface area contributed by atoms with Crippen LogP contribution in [0.4, 0.5) is 4.79 Å². The minimum absolute atomic E-state index is 0.183. The Bertz CT molecular complexity index is 870. The lowest BCUT2D eigenvalue weighted by molar-refractivity contribution is 0.0839. The molecule has 33 heavy (non-hydrogen) atoms. The molecule has 4 aliphatic rings. The average molecular weight is 449 g/mol. The van der Waals surface area contributed by atoms with Crippen LogP contribution < -0.4 is 10.6 Å². The van der Waals surface area contributed by atoms with Gasteiger partial charge in [0.05, 0.1) is 0 Å². The van der Waals surface area contributed by atoms with Crippen LogP contribution in [0.5, 0.6) is 0 Å². The number of nitrogens with zero attached hydrogens (tertiary/aromatic N) is 2. The monoisotopic (exact) mass is 448 g/mol. The van der Waals surface area contributed by atoms with E-state index in [4.69, 9.17) is 4.74 Å². The first-order chi connectivity index (χ1) is 16.2. The van der Waals surface area contributed by atoms with Gasteiger partial charge < -0.3 is 20.3 Å². The van der Waals surface area contributed by atoms with Gasteiger partial charge in [-0.15, -0.1) is 0 Å². The number of rotatable bonds is 4. The number of amides is 1. The summed E-state index contributed by atoms with van der Waals surface area (Å²) in [5.74, 6) is 0. The minimum atomic E-state index is -0.183. The lowest BCUT2D eigenvalue weighted by Crippen LogP contribution is -2.53. The maximum Gasteiger partial charge on any atom is 0.410 e. The van der Waals surface area contributed by atoms with E-state index in [-0.39, 0.29) is 6.09 Å². The van der Waals surface area contributed by atoms with Crippen LogP contribution in [0.2, 0.25) is 0 Å². The molecule has 6 heteroatoms. The number of fused-ring (bicyclic) bond motifs is 4. The van der Waals surface area contributed by atoms with Crippen molar-refractivity contribution in [2.45, 2.75) is 63.0 Å². The second-order valence-electron chi connectivity index (χ2n) is 9.90. The molecule has 6 rings (SSSR count). The second kappa shape index (κ2) is 10.7. The molecule has 0 aromatic heterocycles. The van der Waals surface area contributed by atoms with Gasteiger partial charge in [0, 0.05) is 56.9 Å². The van der Waals surface area contributed by atoms with E-state index in [1.807, 2.05) is 35.2 Å². The molecule has 4 unspecified atom stereocenters. The summed E-state index contributed by atoms with van der Waals surface area (Å²) in [5.41, 5.74) is 2.47. The van der Waals surface area contributed by atoms with Crippen LogP contribution in [0.15, 0.2) is 60.7 Å². The van der Waals surface area contributed by atoms with Gasteiger partial charge in [0.15, 0.2) is 0 Å². The van der Waals surface area contributed by atoms with E-state index in [2.05, 4.69) is 45.9 Å². The second-order valence-corrected chi connectivity index (χ2v) is 9.90. The fraction of sp³-hybridized carbons (Fsp3) is 0.519. The molecule has 2 aromatic carbocycles. The Kier molecular flexibility index (Phi) is 7.24. The molecule has 0 saturated carbocycles. The van der Waals surface area contributed by atoms with Crippen molar-refractivity contribution in [3.63, 3.8) is 0 Å². The smallest absolute Gasteiger partial charge is 0.410 e. The molecule has 4 saturated heterocycles. The zero-order chi connectivity index (χ0) is 22.5. The largest absolute Gasteiger partial charge is 0.445 e. The van der Waals surface area contributed by atoms with Crippen LogP contribution >= 0.6 is 0 Å². The summed E-state index contributed by atoms with van der Waals surface area (Å²) < 4.78 is 5.35. The van der Waals surface area contributed by atoms with Crippen molar-refractivity contribution < 1.29 is 9.53 Å². The van der Waals surface area contributed by atoms with Crippen molar-refractivity contribution in [1.82, 2.24) is 20.4 Å². The molecule has 6 nitrogen and oxygen atoms in total. The summed E-state index contributed by atoms with van der Waals surface area (Å²) in [5, 5.41) is 7.16. The predicted octanol–water partition coefficient (Wildman–Crippen LogP) is 3.38. The zero-order valence-electron chi connectivity index (χ0n) is 19.4. The molecule has 0 aliphatic carbocycles. The van der Waals surface area contributed by atoms with Gasteiger partial charge in [-0.1, -0.05) is 60.7 Å². The van der Waals surface area contributed by atoms with Gasteiger partial charge in [-0.2, -0.15) is 0 Å². The van der Waals surface area contributed by atoms with Gasteiger partial charge in [0.25, 0.3) is 0 Å². The highest BCUT2D eigenvalue weighted by molar-refractivity contribution is 5.68. The summed E-state index contributed by atoms with van der Waals surface area (Å²) >= 11 is 0. The van der Waals surface area contributed by atoms with Gasteiger partial charge in [-0.25, -0.2) is 4.79 Å². The SMILES string of the molecule is O=C(OCc1ccccc1)N1CC2CCC(C1)N2.c1ccc(CN2CC3CCC(C2)N3)cc1. The van der Waals surface area contributed by atoms with Crippen molar-refractivity contribution in [3.05, 3.63) is 71.8 Å². The van der Waals surface area contributed by atoms with Crippen molar-refractivity contribution in [2.75, 3.05) is 26.2 Å². The average Bonchev–Trinajstić information content (AvgIpc) is 3.38. The number of nitrogens with one attached hydrogen (secondary N) is 2. The van der Waals surface area contributed by atoms with Crippen LogP contribution in [0.25, 0.3) is 0 Å². The predicted molar refractivity (Wildman–Crippen MR) is 130 cm³/mol. The zero-order valence-corrected chi connectivity index (χ0v) is 19.4. The van der Waals surface area contributed by atoms with Crippen LogP contribution in [0, 0.1) is 0 Å². The number of benzene rings is 2. The van der Waals surface area contributed by atoms with Gasteiger partial charge in [0.2, 0.25) is 0 Å². The van der Waals surface area contributed by atoms with E-state index in [1.54, 1.807) is 0 Å². The van der Waals surface area contributed by atoms with Gasteiger partial charge >= 0.3 is 6.09 Å². The Hall–Kier alpha value is -2.41. The summed E-state index contributed by atoms with van der Waals surface area (Å²) in [7, 11) is 0. The molecule has 4 bridgehead atoms. The molecule has 4 aliphatic heterocycles. The summed E-state index contributed by atoms with van der Waals surface area (Å²) in [6, 6.07) is 23.0. The number of carbonyl (C=O) groups is 1. The standard InChI is InChI=1S/C14H18N2O2.C13H18N2/c17-14(18-10-11-4-2-1-3-5-11)16-8-12-6-7-13(9-16)15-12;1-2-4-11(5-3-1)8-15-9-12-6-7-13(10-15)14-12/h1-5,12-13,15H,6-10H2;1-5,12-14H,6-10H2. The maximum atomic E-state index is 12.0. The van der Waals surface area contributed by atoms with E-state index in [9.17, 15) is 4.79 Å². The Labute approximate surface area is 197 Å². The van der Waals surface area contributed by atoms with E-state index >= 15 is 0 Å². The summed E-state index contributed by atoms with van der Waals surface area (Å²) in [4.78, 5) is 16.4. The van der Waals surface area contributed by atoms with Crippen molar-refractivity contribution in [2.24, 2.45) is 0 Å². The van der Waals surface area contributed by atoms with Crippen LogP contribution in [-0.4, -0.2) is 66.2 Å². The lowest BCUT2D eigenvalue weighted by atomic mass is 10.1. The van der Waals surface area contributed by atoms with E-state index < -0.39 is 0 Å². The fourth-order valence-corrected chi connectivity index (χ4v) is 5.62. The van der Waals surface area contributed by atoms with Crippen molar-refractivity contribution in [1.29, 1.82) is 0 Å². The Balaban J connectivity index is 0.000000140. The highest BCUT2D eigenvalue weighted by Crippen LogP contribution is 2.22. The first-order valence-corrected chi connectivity index (χ1v) is 12.5. The summed E-state index contributed by atoms with van der Waals surface area (Å²) in [6.45, 7) is 5.50. The number of carbonyl (C=O) groups excluding carboxylic acids is 1. The lowest BCUT2D eigenvalue weighted by Gasteiger charge is -2.32. The highest BCUT2D eigenvalue weighted by Gasteiger charge is 2.35.